The zero-order valence-corrected chi connectivity index (χ0v) is 15.9. The summed E-state index contributed by atoms with van der Waals surface area (Å²) >= 11 is 3.48. The monoisotopic (exact) mass is 402 g/mol. The van der Waals surface area contributed by atoms with Gasteiger partial charge in [-0.3, -0.25) is 9.59 Å². The second kappa shape index (κ2) is 6.88. The SMILES string of the molecule is COc1ccc(C)cc1C(=O)N(C(C)=O)c1cc(Br)cc2c1NCC2. The van der Waals surface area contributed by atoms with Crippen molar-refractivity contribution < 1.29 is 14.3 Å². The van der Waals surface area contributed by atoms with E-state index >= 15 is 0 Å². The van der Waals surface area contributed by atoms with Crippen molar-refractivity contribution in [3.05, 3.63) is 51.5 Å². The maximum absolute atomic E-state index is 13.2. The minimum Gasteiger partial charge on any atom is -0.496 e. The fraction of sp³-hybridized carbons (Fsp3) is 0.263. The maximum Gasteiger partial charge on any atom is 0.268 e. The van der Waals surface area contributed by atoms with E-state index in [0.29, 0.717) is 17.0 Å². The number of anilines is 2. The van der Waals surface area contributed by atoms with Crippen LogP contribution in [-0.2, 0) is 11.2 Å². The number of methoxy groups -OCH3 is 1. The first kappa shape index (κ1) is 17.5. The smallest absolute Gasteiger partial charge is 0.268 e. The van der Waals surface area contributed by atoms with E-state index in [1.807, 2.05) is 19.1 Å². The van der Waals surface area contributed by atoms with Crippen LogP contribution in [-0.4, -0.2) is 25.5 Å². The molecule has 1 aliphatic heterocycles. The van der Waals surface area contributed by atoms with Crippen molar-refractivity contribution in [2.24, 2.45) is 0 Å². The number of benzene rings is 2. The number of halogens is 1. The van der Waals surface area contributed by atoms with Crippen molar-refractivity contribution in [1.82, 2.24) is 0 Å². The number of nitrogens with one attached hydrogen (secondary N) is 1. The van der Waals surface area contributed by atoms with Gasteiger partial charge in [-0.15, -0.1) is 0 Å². The molecule has 0 aliphatic carbocycles. The summed E-state index contributed by atoms with van der Waals surface area (Å²) in [6, 6.07) is 9.15. The van der Waals surface area contributed by atoms with Crippen molar-refractivity contribution in [2.75, 3.05) is 23.9 Å². The highest BCUT2D eigenvalue weighted by Gasteiger charge is 2.29. The molecule has 3 rings (SSSR count). The Hall–Kier alpha value is -2.34. The number of rotatable bonds is 3. The van der Waals surface area contributed by atoms with Crippen LogP contribution in [0.15, 0.2) is 34.8 Å². The van der Waals surface area contributed by atoms with Crippen LogP contribution in [0.1, 0.15) is 28.4 Å². The van der Waals surface area contributed by atoms with Crippen LogP contribution in [0.2, 0.25) is 0 Å². The van der Waals surface area contributed by atoms with Crippen molar-refractivity contribution >= 4 is 39.1 Å². The highest BCUT2D eigenvalue weighted by molar-refractivity contribution is 9.10. The number of fused-ring (bicyclic) bond motifs is 1. The third kappa shape index (κ3) is 3.26. The van der Waals surface area contributed by atoms with Gasteiger partial charge in [-0.25, -0.2) is 4.90 Å². The van der Waals surface area contributed by atoms with Crippen LogP contribution in [0, 0.1) is 6.92 Å². The van der Waals surface area contributed by atoms with E-state index < -0.39 is 5.91 Å². The molecule has 25 heavy (non-hydrogen) atoms. The number of carbonyl (C=O) groups is 2. The molecule has 1 heterocycles. The fourth-order valence-corrected chi connectivity index (χ4v) is 3.57. The van der Waals surface area contributed by atoms with Crippen LogP contribution < -0.4 is 15.0 Å². The second-order valence-corrected chi connectivity index (χ2v) is 6.91. The molecular formula is C19H19BrN2O3. The summed E-state index contributed by atoms with van der Waals surface area (Å²) in [4.78, 5) is 26.8. The van der Waals surface area contributed by atoms with Gasteiger partial charge in [0.1, 0.15) is 5.75 Å². The molecule has 5 nitrogen and oxygen atoms in total. The van der Waals surface area contributed by atoms with Gasteiger partial charge in [-0.05, 0) is 43.2 Å². The first-order valence-electron chi connectivity index (χ1n) is 7.98. The highest BCUT2D eigenvalue weighted by atomic mass is 79.9. The van der Waals surface area contributed by atoms with Gasteiger partial charge in [0.15, 0.2) is 0 Å². The minimum atomic E-state index is -0.401. The van der Waals surface area contributed by atoms with Gasteiger partial charge in [-0.2, -0.15) is 0 Å². The number of amides is 2. The standard InChI is InChI=1S/C19H19BrN2O3/c1-11-4-5-17(25-3)15(8-11)19(24)22(12(2)23)16-10-14(20)9-13-6-7-21-18(13)16/h4-5,8-10,21H,6-7H2,1-3H3. The molecule has 1 N–H and O–H groups in total. The molecule has 0 saturated heterocycles. The quantitative estimate of drug-likeness (QED) is 0.844. The van der Waals surface area contributed by atoms with Gasteiger partial charge in [0.2, 0.25) is 5.91 Å². The Balaban J connectivity index is 2.14. The van der Waals surface area contributed by atoms with Gasteiger partial charge >= 0.3 is 0 Å². The van der Waals surface area contributed by atoms with Crippen molar-refractivity contribution in [2.45, 2.75) is 20.3 Å². The van der Waals surface area contributed by atoms with E-state index in [2.05, 4.69) is 21.2 Å². The molecule has 0 spiro atoms. The van der Waals surface area contributed by atoms with Gasteiger partial charge in [0.05, 0.1) is 24.0 Å². The molecule has 130 valence electrons. The predicted octanol–water partition coefficient (Wildman–Crippen LogP) is 3.93. The molecule has 2 aromatic rings. The summed E-state index contributed by atoms with van der Waals surface area (Å²) in [5.41, 5.74) is 3.76. The summed E-state index contributed by atoms with van der Waals surface area (Å²) in [5, 5.41) is 3.28. The van der Waals surface area contributed by atoms with Gasteiger partial charge in [0.25, 0.3) is 5.91 Å². The second-order valence-electron chi connectivity index (χ2n) is 6.00. The number of ether oxygens (including phenoxy) is 1. The van der Waals surface area contributed by atoms with E-state index in [-0.39, 0.29) is 5.91 Å². The number of imide groups is 1. The maximum atomic E-state index is 13.2. The average Bonchev–Trinajstić information content (AvgIpc) is 3.02. The molecule has 2 aromatic carbocycles. The van der Waals surface area contributed by atoms with Crippen molar-refractivity contribution in [3.63, 3.8) is 0 Å². The van der Waals surface area contributed by atoms with Crippen LogP contribution in [0.4, 0.5) is 11.4 Å². The van der Waals surface area contributed by atoms with E-state index in [0.717, 1.165) is 34.3 Å². The first-order chi connectivity index (χ1) is 11.9. The minimum absolute atomic E-state index is 0.345. The van der Waals surface area contributed by atoms with Crippen LogP contribution in [0.3, 0.4) is 0 Å². The fourth-order valence-electron chi connectivity index (χ4n) is 3.08. The van der Waals surface area contributed by atoms with Gasteiger partial charge in [0, 0.05) is 17.9 Å². The Bertz CT molecular complexity index is 864. The number of aryl methyl sites for hydroxylation is 1. The number of hydrogen-bond acceptors (Lipinski definition) is 4. The molecule has 1 aliphatic rings. The zero-order chi connectivity index (χ0) is 18.1. The van der Waals surface area contributed by atoms with Crippen LogP contribution >= 0.6 is 15.9 Å². The Morgan fingerprint density at radius 3 is 2.68 bits per heavy atom. The third-order valence-electron chi connectivity index (χ3n) is 4.20. The summed E-state index contributed by atoms with van der Waals surface area (Å²) in [5.74, 6) is -0.300. The van der Waals surface area contributed by atoms with E-state index in [4.69, 9.17) is 4.74 Å². The molecule has 0 bridgehead atoms. The summed E-state index contributed by atoms with van der Waals surface area (Å²) in [6.45, 7) is 4.07. The normalized spacial score (nSPS) is 12.3. The Kier molecular flexibility index (Phi) is 4.81. The molecule has 0 aromatic heterocycles. The number of hydrogen-bond donors (Lipinski definition) is 1. The third-order valence-corrected chi connectivity index (χ3v) is 4.66. The van der Waals surface area contributed by atoms with Crippen LogP contribution in [0.5, 0.6) is 5.75 Å². The molecule has 0 unspecified atom stereocenters. The largest absolute Gasteiger partial charge is 0.496 e. The molecule has 0 fully saturated rings. The Labute approximate surface area is 155 Å². The van der Waals surface area contributed by atoms with Crippen LogP contribution in [0.25, 0.3) is 0 Å². The molecule has 0 radical (unpaired) electrons. The highest BCUT2D eigenvalue weighted by Crippen LogP contribution is 2.38. The molecule has 0 atom stereocenters. The number of carbonyl (C=O) groups excluding carboxylic acids is 2. The lowest BCUT2D eigenvalue weighted by Crippen LogP contribution is -2.36. The van der Waals surface area contributed by atoms with Crippen molar-refractivity contribution in [1.29, 1.82) is 0 Å². The Morgan fingerprint density at radius 2 is 2.00 bits per heavy atom. The van der Waals surface area contributed by atoms with Gasteiger partial charge < -0.3 is 10.1 Å². The summed E-state index contributed by atoms with van der Waals surface area (Å²) in [6.07, 6.45) is 0.857. The van der Waals surface area contributed by atoms with E-state index in [1.54, 1.807) is 18.2 Å². The van der Waals surface area contributed by atoms with Crippen molar-refractivity contribution in [3.8, 4) is 5.75 Å². The first-order valence-corrected chi connectivity index (χ1v) is 8.77. The van der Waals surface area contributed by atoms with E-state index in [1.165, 1.54) is 18.9 Å². The predicted molar refractivity (Wildman–Crippen MR) is 102 cm³/mol. The lowest BCUT2D eigenvalue weighted by atomic mass is 10.1. The molecule has 0 saturated carbocycles. The van der Waals surface area contributed by atoms with Gasteiger partial charge in [-0.1, -0.05) is 27.6 Å². The number of nitrogens with zero attached hydrogens (tertiary/aromatic N) is 1. The molecule has 6 heteroatoms. The summed E-state index contributed by atoms with van der Waals surface area (Å²) < 4.78 is 6.15. The molecule has 2 amide bonds. The Morgan fingerprint density at radius 1 is 1.24 bits per heavy atom. The topological polar surface area (TPSA) is 58.6 Å². The lowest BCUT2D eigenvalue weighted by Gasteiger charge is -2.23. The molecular weight excluding hydrogens is 384 g/mol. The summed E-state index contributed by atoms with van der Waals surface area (Å²) in [7, 11) is 1.51. The zero-order valence-electron chi connectivity index (χ0n) is 14.4. The lowest BCUT2D eigenvalue weighted by molar-refractivity contribution is -0.115. The average molecular weight is 403 g/mol. The van der Waals surface area contributed by atoms with E-state index in [9.17, 15) is 9.59 Å².